The summed E-state index contributed by atoms with van der Waals surface area (Å²) in [5.41, 5.74) is 1.68. The van der Waals surface area contributed by atoms with Gasteiger partial charge in [0, 0.05) is 17.0 Å². The lowest BCUT2D eigenvalue weighted by molar-refractivity contribution is -0.131. The van der Waals surface area contributed by atoms with E-state index in [4.69, 9.17) is 9.47 Å². The van der Waals surface area contributed by atoms with Crippen LogP contribution in [-0.4, -0.2) is 46.4 Å². The molecule has 0 spiro atoms. The van der Waals surface area contributed by atoms with Gasteiger partial charge < -0.3 is 19.4 Å². The smallest absolute Gasteiger partial charge is 0.325 e. The second-order valence-corrected chi connectivity index (χ2v) is 9.26. The summed E-state index contributed by atoms with van der Waals surface area (Å²) in [6.07, 6.45) is 0.169. The Balaban J connectivity index is 1.33. The molecule has 3 heterocycles. The zero-order valence-electron chi connectivity index (χ0n) is 20.6. The van der Waals surface area contributed by atoms with Gasteiger partial charge in [-0.05, 0) is 44.0 Å². The van der Waals surface area contributed by atoms with E-state index in [0.29, 0.717) is 36.4 Å². The molecule has 1 fully saturated rings. The molecule has 186 valence electrons. The highest BCUT2D eigenvalue weighted by Crippen LogP contribution is 2.33. The Kier molecular flexibility index (Phi) is 6.04. The average Bonchev–Trinajstić information content (AvgIpc) is 3.32. The summed E-state index contributed by atoms with van der Waals surface area (Å²) in [6, 6.07) is 17.9. The molecule has 0 saturated carbocycles. The number of hydrogen-bond acceptors (Lipinski definition) is 5. The number of benzene rings is 2. The fourth-order valence-electron chi connectivity index (χ4n) is 5.08. The summed E-state index contributed by atoms with van der Waals surface area (Å²) in [6.45, 7) is 6.23. The van der Waals surface area contributed by atoms with Gasteiger partial charge in [0.15, 0.2) is 23.4 Å². The maximum atomic E-state index is 13.4. The maximum Gasteiger partial charge on any atom is 0.325 e. The summed E-state index contributed by atoms with van der Waals surface area (Å²) in [5, 5.41) is 2.83. The van der Waals surface area contributed by atoms with E-state index in [0.717, 1.165) is 22.0 Å². The largest absolute Gasteiger partial charge is 0.486 e. The lowest BCUT2D eigenvalue weighted by Gasteiger charge is -2.27. The third kappa shape index (κ3) is 3.92. The zero-order chi connectivity index (χ0) is 25.4. The Bertz CT molecular complexity index is 1330. The van der Waals surface area contributed by atoms with Gasteiger partial charge in [-0.25, -0.2) is 4.79 Å². The van der Waals surface area contributed by atoms with E-state index in [1.165, 1.54) is 0 Å². The Morgan fingerprint density at radius 3 is 2.47 bits per heavy atom. The molecule has 1 saturated heterocycles. The van der Waals surface area contributed by atoms with Crippen molar-refractivity contribution in [3.8, 4) is 11.5 Å². The molecule has 0 unspecified atom stereocenters. The zero-order valence-corrected chi connectivity index (χ0v) is 20.6. The van der Waals surface area contributed by atoms with Crippen LogP contribution in [0.5, 0.6) is 11.5 Å². The number of hydrogen-bond donors (Lipinski definition) is 1. The number of fused-ring (bicyclic) bond motifs is 1. The minimum atomic E-state index is -1.16. The van der Waals surface area contributed by atoms with Gasteiger partial charge in [-0.1, -0.05) is 49.4 Å². The van der Waals surface area contributed by atoms with Crippen LogP contribution in [0.15, 0.2) is 60.7 Å². The highest BCUT2D eigenvalue weighted by Gasteiger charge is 2.51. The third-order valence-corrected chi connectivity index (χ3v) is 7.10. The predicted molar refractivity (Wildman–Crippen MR) is 133 cm³/mol. The van der Waals surface area contributed by atoms with Crippen molar-refractivity contribution in [3.05, 3.63) is 83.2 Å². The molecular formula is C28H29N3O5. The minimum Gasteiger partial charge on any atom is -0.486 e. The summed E-state index contributed by atoms with van der Waals surface area (Å²) >= 11 is 0. The number of carbonyl (C=O) groups is 3. The maximum absolute atomic E-state index is 13.4. The fourth-order valence-corrected chi connectivity index (χ4v) is 5.08. The first-order valence-electron chi connectivity index (χ1n) is 12.1. The number of nitrogens with zero attached hydrogens (tertiary/aromatic N) is 2. The van der Waals surface area contributed by atoms with Crippen LogP contribution in [0.4, 0.5) is 4.79 Å². The number of imide groups is 1. The van der Waals surface area contributed by atoms with Crippen molar-refractivity contribution >= 4 is 17.7 Å². The highest BCUT2D eigenvalue weighted by molar-refractivity contribution is 6.11. The van der Waals surface area contributed by atoms with Crippen molar-refractivity contribution in [1.82, 2.24) is 14.8 Å². The van der Waals surface area contributed by atoms with E-state index in [2.05, 4.69) is 5.32 Å². The normalized spacial score (nSPS) is 21.0. The van der Waals surface area contributed by atoms with Gasteiger partial charge in [0.2, 0.25) is 0 Å². The molecule has 2 aliphatic rings. The summed E-state index contributed by atoms with van der Waals surface area (Å²) in [4.78, 5) is 40.6. The molecule has 0 aliphatic carbocycles. The number of ketones is 1. The lowest BCUT2D eigenvalue weighted by Crippen LogP contribution is -2.43. The number of aromatic nitrogens is 1. The number of rotatable bonds is 7. The van der Waals surface area contributed by atoms with Crippen LogP contribution in [0.3, 0.4) is 0 Å². The van der Waals surface area contributed by atoms with Crippen molar-refractivity contribution in [2.45, 2.75) is 45.4 Å². The Labute approximate surface area is 209 Å². The highest BCUT2D eigenvalue weighted by atomic mass is 16.6. The Morgan fingerprint density at radius 2 is 1.75 bits per heavy atom. The van der Waals surface area contributed by atoms with Crippen LogP contribution in [0.1, 0.15) is 40.7 Å². The first-order valence-corrected chi connectivity index (χ1v) is 12.1. The molecule has 3 amide bonds. The molecule has 8 nitrogen and oxygen atoms in total. The number of amides is 3. The van der Waals surface area contributed by atoms with Gasteiger partial charge in [-0.3, -0.25) is 14.5 Å². The summed E-state index contributed by atoms with van der Waals surface area (Å²) in [5.74, 6) is 0.723. The van der Waals surface area contributed by atoms with Crippen molar-refractivity contribution in [2.75, 3.05) is 13.2 Å². The molecule has 8 heteroatoms. The number of para-hydroxylation sites is 2. The molecule has 2 atom stereocenters. The molecular weight excluding hydrogens is 458 g/mol. The third-order valence-electron chi connectivity index (χ3n) is 7.10. The summed E-state index contributed by atoms with van der Waals surface area (Å²) < 4.78 is 13.9. The van der Waals surface area contributed by atoms with Crippen molar-refractivity contribution < 1.29 is 23.9 Å². The van der Waals surface area contributed by atoms with E-state index < -0.39 is 17.5 Å². The molecule has 2 aromatic carbocycles. The second-order valence-electron chi connectivity index (χ2n) is 9.26. The first kappa shape index (κ1) is 23.7. The van der Waals surface area contributed by atoms with Gasteiger partial charge in [0.25, 0.3) is 5.91 Å². The van der Waals surface area contributed by atoms with Crippen LogP contribution >= 0.6 is 0 Å². The van der Waals surface area contributed by atoms with Gasteiger partial charge >= 0.3 is 6.03 Å². The van der Waals surface area contributed by atoms with E-state index in [-0.39, 0.29) is 18.4 Å². The number of aryl methyl sites for hydroxylation is 1. The SMILES string of the molecule is CC[C@@]1(c2ccccc2)NC(=O)N(CC(=O)c2cc(C)n(C[C@@H]3COc4ccccc4O3)c2C)C1=O. The predicted octanol–water partition coefficient (Wildman–Crippen LogP) is 3.98. The fraction of sp³-hybridized carbons (Fsp3) is 0.321. The van der Waals surface area contributed by atoms with Crippen LogP contribution < -0.4 is 14.8 Å². The van der Waals surface area contributed by atoms with Crippen molar-refractivity contribution in [3.63, 3.8) is 0 Å². The van der Waals surface area contributed by atoms with E-state index in [1.54, 1.807) is 6.07 Å². The van der Waals surface area contributed by atoms with E-state index in [1.807, 2.05) is 79.9 Å². The molecule has 1 N–H and O–H groups in total. The first-order chi connectivity index (χ1) is 17.3. The summed E-state index contributed by atoms with van der Waals surface area (Å²) in [7, 11) is 0. The van der Waals surface area contributed by atoms with Gasteiger partial charge in [0.05, 0.1) is 13.1 Å². The molecule has 5 rings (SSSR count). The quantitative estimate of drug-likeness (QED) is 0.402. The van der Waals surface area contributed by atoms with Crippen molar-refractivity contribution in [2.24, 2.45) is 0 Å². The van der Waals surface area contributed by atoms with E-state index in [9.17, 15) is 14.4 Å². The molecule has 0 bridgehead atoms. The molecule has 1 aromatic heterocycles. The minimum absolute atomic E-state index is 0.213. The Hall–Kier alpha value is -4.07. The second kappa shape index (κ2) is 9.18. The van der Waals surface area contributed by atoms with Gasteiger partial charge in [-0.15, -0.1) is 0 Å². The topological polar surface area (TPSA) is 89.9 Å². The average molecular weight is 488 g/mol. The van der Waals surface area contributed by atoms with Crippen molar-refractivity contribution in [1.29, 1.82) is 0 Å². The molecule has 0 radical (unpaired) electrons. The number of ether oxygens (including phenoxy) is 2. The Morgan fingerprint density at radius 1 is 1.06 bits per heavy atom. The van der Waals surface area contributed by atoms with Crippen LogP contribution in [0.2, 0.25) is 0 Å². The monoisotopic (exact) mass is 487 g/mol. The molecule has 3 aromatic rings. The standard InChI is InChI=1S/C28H29N3O5/c1-4-28(20-10-6-5-7-11-20)26(33)31(27(34)29-28)16-23(32)22-14-18(2)30(19(22)3)15-21-17-35-24-12-8-9-13-25(24)36-21/h5-14,21H,4,15-17H2,1-3H3,(H,29,34)/t21-,28+/m1/s1. The molecule has 36 heavy (non-hydrogen) atoms. The number of urea groups is 1. The van der Waals surface area contributed by atoms with E-state index >= 15 is 0 Å². The number of Topliss-reactive ketones (excluding diaryl/α,β-unsaturated/α-hetero) is 1. The number of nitrogens with one attached hydrogen (secondary N) is 1. The van der Waals surface area contributed by atoms with Crippen LogP contribution in [0.25, 0.3) is 0 Å². The van der Waals surface area contributed by atoms with Crippen LogP contribution in [0, 0.1) is 13.8 Å². The number of carbonyl (C=O) groups excluding carboxylic acids is 3. The molecule has 2 aliphatic heterocycles. The van der Waals surface area contributed by atoms with Gasteiger partial charge in [0.1, 0.15) is 12.1 Å². The van der Waals surface area contributed by atoms with Gasteiger partial charge in [-0.2, -0.15) is 0 Å². The lowest BCUT2D eigenvalue weighted by atomic mass is 9.87. The van der Waals surface area contributed by atoms with Crippen LogP contribution in [-0.2, 0) is 16.9 Å².